The minimum absolute atomic E-state index is 0.0127. The van der Waals surface area contributed by atoms with Gasteiger partial charge in [-0.15, -0.1) is 0 Å². The number of halogens is 1. The van der Waals surface area contributed by atoms with E-state index in [9.17, 15) is 21.2 Å². The maximum Gasteiger partial charge on any atom is 0.243 e. The van der Waals surface area contributed by atoms with E-state index in [4.69, 9.17) is 4.74 Å². The van der Waals surface area contributed by atoms with Crippen molar-refractivity contribution in [1.29, 1.82) is 0 Å². The van der Waals surface area contributed by atoms with E-state index < -0.39 is 30.9 Å². The summed E-state index contributed by atoms with van der Waals surface area (Å²) < 4.78 is 69.6. The largest absolute Gasteiger partial charge is 0.496 e. The van der Waals surface area contributed by atoms with Crippen LogP contribution in [-0.4, -0.2) is 46.6 Å². The third-order valence-electron chi connectivity index (χ3n) is 4.40. The first-order chi connectivity index (χ1) is 12.2. The summed E-state index contributed by atoms with van der Waals surface area (Å²) in [5.74, 6) is 0.0426. The van der Waals surface area contributed by atoms with Gasteiger partial charge in [-0.3, -0.25) is 0 Å². The topological polar surface area (TPSA) is 80.8 Å². The van der Waals surface area contributed by atoms with Crippen molar-refractivity contribution in [2.75, 3.05) is 20.2 Å². The van der Waals surface area contributed by atoms with Gasteiger partial charge in [-0.1, -0.05) is 0 Å². The van der Waals surface area contributed by atoms with Crippen molar-refractivity contribution in [2.45, 2.75) is 22.0 Å². The van der Waals surface area contributed by atoms with Gasteiger partial charge in [-0.05, 0) is 55.0 Å². The first-order valence-electron chi connectivity index (χ1n) is 7.80. The van der Waals surface area contributed by atoms with Crippen LogP contribution in [-0.2, 0) is 19.9 Å². The molecule has 0 N–H and O–H groups in total. The van der Waals surface area contributed by atoms with E-state index in [2.05, 4.69) is 0 Å². The molecule has 2 aromatic rings. The van der Waals surface area contributed by atoms with Crippen molar-refractivity contribution in [3.05, 3.63) is 53.8 Å². The highest BCUT2D eigenvalue weighted by molar-refractivity contribution is 7.92. The molecule has 2 aromatic carbocycles. The lowest BCUT2D eigenvalue weighted by atomic mass is 10.2. The van der Waals surface area contributed by atoms with Crippen molar-refractivity contribution in [1.82, 2.24) is 4.31 Å². The fourth-order valence-corrected chi connectivity index (χ4v) is 6.23. The molecule has 140 valence electrons. The molecule has 0 atom stereocenters. The molecule has 1 heterocycles. The van der Waals surface area contributed by atoms with Gasteiger partial charge in [-0.25, -0.2) is 21.2 Å². The molecule has 0 aromatic heterocycles. The maximum atomic E-state index is 13.0. The zero-order valence-electron chi connectivity index (χ0n) is 14.2. The summed E-state index contributed by atoms with van der Waals surface area (Å²) in [4.78, 5) is 0.0784. The fourth-order valence-electron chi connectivity index (χ4n) is 2.77. The highest BCUT2D eigenvalue weighted by Gasteiger charge is 2.44. The van der Waals surface area contributed by atoms with E-state index in [1.54, 1.807) is 13.0 Å². The van der Waals surface area contributed by atoms with Gasteiger partial charge >= 0.3 is 0 Å². The molecule has 9 heteroatoms. The third-order valence-corrected chi connectivity index (χ3v) is 8.33. The molecular weight excluding hydrogens is 381 g/mol. The van der Waals surface area contributed by atoms with E-state index in [-0.39, 0.29) is 22.9 Å². The smallest absolute Gasteiger partial charge is 0.243 e. The molecule has 0 saturated carbocycles. The fraction of sp³-hybridized carbons (Fsp3) is 0.294. The number of ether oxygens (including phenoxy) is 1. The second-order valence-electron chi connectivity index (χ2n) is 6.07. The van der Waals surface area contributed by atoms with Crippen molar-refractivity contribution >= 4 is 19.9 Å². The van der Waals surface area contributed by atoms with Crippen LogP contribution in [0.2, 0.25) is 0 Å². The number of hydrogen-bond acceptors (Lipinski definition) is 5. The molecular formula is C17H18FNO5S2. The summed E-state index contributed by atoms with van der Waals surface area (Å²) in [5.41, 5.74) is 0.671. The zero-order valence-corrected chi connectivity index (χ0v) is 15.8. The molecule has 26 heavy (non-hydrogen) atoms. The lowest BCUT2D eigenvalue weighted by Crippen LogP contribution is -2.56. The Kier molecular flexibility index (Phi) is 4.80. The summed E-state index contributed by atoms with van der Waals surface area (Å²) in [5, 5.41) is -0.845. The van der Waals surface area contributed by atoms with Gasteiger partial charge in [0.15, 0.2) is 9.84 Å². The average molecular weight is 399 g/mol. The standard InChI is InChI=1S/C17H18FNO5S2/c1-12-9-15(7-8-17(12)24-2)26(22,23)19-10-16(11-19)25(20,21)14-5-3-13(18)4-6-14/h3-9,16H,10-11H2,1-2H3. The van der Waals surface area contributed by atoms with Crippen LogP contribution in [0.4, 0.5) is 4.39 Å². The van der Waals surface area contributed by atoms with E-state index in [0.717, 1.165) is 16.4 Å². The second kappa shape index (κ2) is 6.64. The first-order valence-corrected chi connectivity index (χ1v) is 10.8. The molecule has 1 saturated heterocycles. The summed E-state index contributed by atoms with van der Waals surface area (Å²) >= 11 is 0. The summed E-state index contributed by atoms with van der Waals surface area (Å²) in [6, 6.07) is 9.01. The number of sulfone groups is 1. The van der Waals surface area contributed by atoms with Crippen LogP contribution in [0.15, 0.2) is 52.3 Å². The minimum Gasteiger partial charge on any atom is -0.496 e. The van der Waals surface area contributed by atoms with Gasteiger partial charge in [0.05, 0.1) is 22.2 Å². The number of methoxy groups -OCH3 is 1. The second-order valence-corrected chi connectivity index (χ2v) is 10.2. The third kappa shape index (κ3) is 3.22. The Morgan fingerprint density at radius 2 is 1.58 bits per heavy atom. The Hall–Kier alpha value is -1.97. The molecule has 3 rings (SSSR count). The van der Waals surface area contributed by atoms with Crippen LogP contribution in [0.3, 0.4) is 0 Å². The Balaban J connectivity index is 1.78. The quantitative estimate of drug-likeness (QED) is 0.719. The molecule has 1 fully saturated rings. The maximum absolute atomic E-state index is 13.0. The summed E-state index contributed by atoms with van der Waals surface area (Å²) in [6.07, 6.45) is 0. The molecule has 0 aliphatic carbocycles. The number of nitrogens with zero attached hydrogens (tertiary/aromatic N) is 1. The Morgan fingerprint density at radius 1 is 1.00 bits per heavy atom. The minimum atomic E-state index is -3.78. The van der Waals surface area contributed by atoms with Crippen molar-refractivity contribution in [2.24, 2.45) is 0 Å². The molecule has 0 bridgehead atoms. The van der Waals surface area contributed by atoms with Gasteiger partial charge in [0.25, 0.3) is 0 Å². The van der Waals surface area contributed by atoms with Crippen LogP contribution < -0.4 is 4.74 Å². The first kappa shape index (κ1) is 18.8. The SMILES string of the molecule is COc1ccc(S(=O)(=O)N2CC(S(=O)(=O)c3ccc(F)cc3)C2)cc1C. The summed E-state index contributed by atoms with van der Waals surface area (Å²) in [7, 11) is -5.99. The number of benzene rings is 2. The molecule has 1 aliphatic heterocycles. The van der Waals surface area contributed by atoms with Crippen LogP contribution in [0, 0.1) is 12.7 Å². The predicted molar refractivity (Wildman–Crippen MR) is 93.9 cm³/mol. The normalized spacial score (nSPS) is 16.3. The number of aryl methyl sites for hydroxylation is 1. The predicted octanol–water partition coefficient (Wildman–Crippen LogP) is 1.99. The average Bonchev–Trinajstić information content (AvgIpc) is 2.53. The highest BCUT2D eigenvalue weighted by Crippen LogP contribution is 2.30. The van der Waals surface area contributed by atoms with E-state index >= 15 is 0 Å². The highest BCUT2D eigenvalue weighted by atomic mass is 32.2. The molecule has 6 nitrogen and oxygen atoms in total. The number of rotatable bonds is 5. The number of sulfonamides is 1. The van der Waals surface area contributed by atoms with Gasteiger partial charge in [0, 0.05) is 13.1 Å². The molecule has 0 amide bonds. The van der Waals surface area contributed by atoms with Crippen LogP contribution in [0.25, 0.3) is 0 Å². The van der Waals surface area contributed by atoms with Gasteiger partial charge < -0.3 is 4.74 Å². The van der Waals surface area contributed by atoms with Crippen molar-refractivity contribution in [3.8, 4) is 5.75 Å². The van der Waals surface area contributed by atoms with Gasteiger partial charge in [0.1, 0.15) is 11.6 Å². The Bertz CT molecular complexity index is 1030. The molecule has 1 aliphatic rings. The van der Waals surface area contributed by atoms with Crippen LogP contribution >= 0.6 is 0 Å². The van der Waals surface area contributed by atoms with Crippen LogP contribution in [0.5, 0.6) is 5.75 Å². The zero-order chi connectivity index (χ0) is 19.1. The molecule has 0 unspecified atom stereocenters. The van der Waals surface area contributed by atoms with Gasteiger partial charge in [0.2, 0.25) is 10.0 Å². The van der Waals surface area contributed by atoms with Crippen LogP contribution in [0.1, 0.15) is 5.56 Å². The molecule has 0 spiro atoms. The summed E-state index contributed by atoms with van der Waals surface area (Å²) in [6.45, 7) is 1.47. The number of hydrogen-bond donors (Lipinski definition) is 0. The Morgan fingerprint density at radius 3 is 2.12 bits per heavy atom. The van der Waals surface area contributed by atoms with Crippen molar-refractivity contribution in [3.63, 3.8) is 0 Å². The molecule has 0 radical (unpaired) electrons. The lowest BCUT2D eigenvalue weighted by molar-refractivity contribution is 0.309. The van der Waals surface area contributed by atoms with Crippen molar-refractivity contribution < 1.29 is 26.0 Å². The Labute approximate surface area is 152 Å². The monoisotopic (exact) mass is 399 g/mol. The van der Waals surface area contributed by atoms with E-state index in [0.29, 0.717) is 11.3 Å². The van der Waals surface area contributed by atoms with Gasteiger partial charge in [-0.2, -0.15) is 4.31 Å². The lowest BCUT2D eigenvalue weighted by Gasteiger charge is -2.37. The van der Waals surface area contributed by atoms with E-state index in [1.165, 1.54) is 31.4 Å². The van der Waals surface area contributed by atoms with E-state index in [1.807, 2.05) is 0 Å².